The lowest BCUT2D eigenvalue weighted by atomic mass is 10.2. The zero-order valence-electron chi connectivity index (χ0n) is 14.6. The highest BCUT2D eigenvalue weighted by Gasteiger charge is 2.28. The van der Waals surface area contributed by atoms with Crippen LogP contribution in [-0.4, -0.2) is 27.0 Å². The van der Waals surface area contributed by atoms with E-state index >= 15 is 0 Å². The SMILES string of the molecule is Cc1ccccc1OCCC(=O)Nc1cccc(S(=O)(=O)NC2CC2)c1. The first-order chi connectivity index (χ1) is 12.4. The largest absolute Gasteiger partial charge is 0.493 e. The van der Waals surface area contributed by atoms with Gasteiger partial charge in [0.1, 0.15) is 5.75 Å². The Morgan fingerprint density at radius 2 is 1.92 bits per heavy atom. The fourth-order valence-electron chi connectivity index (χ4n) is 2.43. The molecule has 26 heavy (non-hydrogen) atoms. The molecule has 1 aliphatic carbocycles. The van der Waals surface area contributed by atoms with Gasteiger partial charge in [0, 0.05) is 11.7 Å². The predicted octanol–water partition coefficient (Wildman–Crippen LogP) is 2.84. The number of sulfonamides is 1. The van der Waals surface area contributed by atoms with Crippen LogP contribution in [0.25, 0.3) is 0 Å². The number of ether oxygens (including phenoxy) is 1. The van der Waals surface area contributed by atoms with E-state index in [1.807, 2.05) is 31.2 Å². The first-order valence-electron chi connectivity index (χ1n) is 8.55. The molecule has 2 N–H and O–H groups in total. The normalized spacial score (nSPS) is 14.0. The van der Waals surface area contributed by atoms with Crippen molar-refractivity contribution in [3.63, 3.8) is 0 Å². The van der Waals surface area contributed by atoms with Gasteiger partial charge >= 0.3 is 0 Å². The van der Waals surface area contributed by atoms with E-state index in [1.165, 1.54) is 12.1 Å². The number of carbonyl (C=O) groups is 1. The predicted molar refractivity (Wildman–Crippen MR) is 99.7 cm³/mol. The number of hydrogen-bond donors (Lipinski definition) is 2. The minimum atomic E-state index is -3.54. The lowest BCUT2D eigenvalue weighted by Crippen LogP contribution is -2.25. The number of aryl methyl sites for hydroxylation is 1. The number of para-hydroxylation sites is 1. The van der Waals surface area contributed by atoms with Crippen molar-refractivity contribution in [1.29, 1.82) is 0 Å². The molecule has 0 atom stereocenters. The van der Waals surface area contributed by atoms with Crippen LogP contribution in [0.5, 0.6) is 5.75 Å². The van der Waals surface area contributed by atoms with Gasteiger partial charge in [0.05, 0.1) is 17.9 Å². The standard InChI is InChI=1S/C19H22N2O4S/c1-14-5-2-3-8-18(14)25-12-11-19(22)20-16-6-4-7-17(13-16)26(23,24)21-15-9-10-15/h2-8,13,15,21H,9-12H2,1H3,(H,20,22). The maximum Gasteiger partial charge on any atom is 0.240 e. The number of hydrogen-bond acceptors (Lipinski definition) is 4. The summed E-state index contributed by atoms with van der Waals surface area (Å²) in [7, 11) is -3.54. The molecule has 0 aliphatic heterocycles. The van der Waals surface area contributed by atoms with Crippen molar-refractivity contribution in [2.45, 2.75) is 37.1 Å². The van der Waals surface area contributed by atoms with Crippen LogP contribution < -0.4 is 14.8 Å². The highest BCUT2D eigenvalue weighted by atomic mass is 32.2. The Morgan fingerprint density at radius 3 is 2.65 bits per heavy atom. The van der Waals surface area contributed by atoms with Crippen LogP contribution in [0.3, 0.4) is 0 Å². The van der Waals surface area contributed by atoms with Gasteiger partial charge in [-0.15, -0.1) is 0 Å². The molecule has 7 heteroatoms. The van der Waals surface area contributed by atoms with E-state index < -0.39 is 10.0 Å². The van der Waals surface area contributed by atoms with Gasteiger partial charge in [-0.05, 0) is 49.6 Å². The van der Waals surface area contributed by atoms with E-state index in [1.54, 1.807) is 12.1 Å². The van der Waals surface area contributed by atoms with Gasteiger partial charge in [0.15, 0.2) is 0 Å². The lowest BCUT2D eigenvalue weighted by Gasteiger charge is -2.10. The van der Waals surface area contributed by atoms with Gasteiger partial charge in [-0.1, -0.05) is 24.3 Å². The second-order valence-electron chi connectivity index (χ2n) is 6.34. The van der Waals surface area contributed by atoms with Crippen molar-refractivity contribution in [1.82, 2.24) is 4.72 Å². The first kappa shape index (κ1) is 18.4. The monoisotopic (exact) mass is 374 g/mol. The molecule has 0 spiro atoms. The summed E-state index contributed by atoms with van der Waals surface area (Å²) in [6.07, 6.45) is 1.92. The number of carbonyl (C=O) groups excluding carboxylic acids is 1. The van der Waals surface area contributed by atoms with Gasteiger partial charge in [-0.2, -0.15) is 0 Å². The van der Waals surface area contributed by atoms with Crippen LogP contribution >= 0.6 is 0 Å². The van der Waals surface area contributed by atoms with Crippen molar-refractivity contribution in [2.75, 3.05) is 11.9 Å². The molecule has 0 heterocycles. The smallest absolute Gasteiger partial charge is 0.240 e. The zero-order chi connectivity index (χ0) is 18.6. The highest BCUT2D eigenvalue weighted by molar-refractivity contribution is 7.89. The average molecular weight is 374 g/mol. The Kier molecular flexibility index (Phi) is 5.58. The Morgan fingerprint density at radius 1 is 1.15 bits per heavy atom. The Labute approximate surface area is 153 Å². The second-order valence-corrected chi connectivity index (χ2v) is 8.05. The summed E-state index contributed by atoms with van der Waals surface area (Å²) in [5.41, 5.74) is 1.46. The Balaban J connectivity index is 1.54. The van der Waals surface area contributed by atoms with E-state index in [2.05, 4.69) is 10.0 Å². The molecule has 0 bridgehead atoms. The van der Waals surface area contributed by atoms with Crippen LogP contribution in [-0.2, 0) is 14.8 Å². The van der Waals surface area contributed by atoms with Crippen LogP contribution in [0, 0.1) is 6.92 Å². The number of rotatable bonds is 8. The van der Waals surface area contributed by atoms with Crippen LogP contribution in [0.2, 0.25) is 0 Å². The molecule has 1 saturated carbocycles. The molecular weight excluding hydrogens is 352 g/mol. The number of nitrogens with one attached hydrogen (secondary N) is 2. The lowest BCUT2D eigenvalue weighted by molar-refractivity contribution is -0.116. The van der Waals surface area contributed by atoms with Gasteiger partial charge in [0.2, 0.25) is 15.9 Å². The number of anilines is 1. The maximum absolute atomic E-state index is 12.2. The summed E-state index contributed by atoms with van der Waals surface area (Å²) in [4.78, 5) is 12.2. The number of amides is 1. The fraction of sp³-hybridized carbons (Fsp3) is 0.316. The quantitative estimate of drug-likeness (QED) is 0.744. The second kappa shape index (κ2) is 7.88. The molecule has 1 fully saturated rings. The molecule has 138 valence electrons. The number of benzene rings is 2. The minimum Gasteiger partial charge on any atom is -0.493 e. The summed E-state index contributed by atoms with van der Waals surface area (Å²) in [5.74, 6) is 0.517. The average Bonchev–Trinajstić information content (AvgIpc) is 3.40. The molecule has 2 aromatic carbocycles. The molecule has 6 nitrogen and oxygen atoms in total. The van der Waals surface area contributed by atoms with Gasteiger partial charge < -0.3 is 10.1 Å². The van der Waals surface area contributed by atoms with Gasteiger partial charge in [0.25, 0.3) is 0 Å². The minimum absolute atomic E-state index is 0.0387. The summed E-state index contributed by atoms with van der Waals surface area (Å²) in [5, 5.41) is 2.71. The Hall–Kier alpha value is -2.38. The van der Waals surface area contributed by atoms with Crippen molar-refractivity contribution in [3.8, 4) is 5.75 Å². The molecule has 0 unspecified atom stereocenters. The van der Waals surface area contributed by atoms with Crippen molar-refractivity contribution in [2.24, 2.45) is 0 Å². The zero-order valence-corrected chi connectivity index (χ0v) is 15.4. The summed E-state index contributed by atoms with van der Waals surface area (Å²) in [6, 6.07) is 13.9. The third-order valence-corrected chi connectivity index (χ3v) is 5.53. The molecule has 1 amide bonds. The molecule has 0 aromatic heterocycles. The van der Waals surface area contributed by atoms with E-state index in [4.69, 9.17) is 4.74 Å². The summed E-state index contributed by atoms with van der Waals surface area (Å²) >= 11 is 0. The van der Waals surface area contributed by atoms with E-state index in [-0.39, 0.29) is 29.9 Å². The van der Waals surface area contributed by atoms with Crippen molar-refractivity contribution >= 4 is 21.6 Å². The van der Waals surface area contributed by atoms with Gasteiger partial charge in [-0.25, -0.2) is 13.1 Å². The van der Waals surface area contributed by atoms with Crippen LogP contribution in [0.1, 0.15) is 24.8 Å². The topological polar surface area (TPSA) is 84.5 Å². The molecule has 1 aliphatic rings. The molecular formula is C19H22N2O4S. The Bertz CT molecular complexity index is 892. The molecule has 3 rings (SSSR count). The molecule has 0 radical (unpaired) electrons. The maximum atomic E-state index is 12.2. The summed E-state index contributed by atoms with van der Waals surface area (Å²) < 4.78 is 32.7. The third kappa shape index (κ3) is 5.06. The summed E-state index contributed by atoms with van der Waals surface area (Å²) in [6.45, 7) is 2.19. The molecule has 0 saturated heterocycles. The fourth-order valence-corrected chi connectivity index (χ4v) is 3.78. The first-order valence-corrected chi connectivity index (χ1v) is 10.0. The van der Waals surface area contributed by atoms with Gasteiger partial charge in [-0.3, -0.25) is 4.79 Å². The van der Waals surface area contributed by atoms with E-state index in [9.17, 15) is 13.2 Å². The molecule has 2 aromatic rings. The van der Waals surface area contributed by atoms with Crippen LogP contribution in [0.4, 0.5) is 5.69 Å². The van der Waals surface area contributed by atoms with Crippen molar-refractivity contribution in [3.05, 3.63) is 54.1 Å². The third-order valence-electron chi connectivity index (χ3n) is 4.01. The highest BCUT2D eigenvalue weighted by Crippen LogP contribution is 2.23. The van der Waals surface area contributed by atoms with E-state index in [0.29, 0.717) is 5.69 Å². The van der Waals surface area contributed by atoms with E-state index in [0.717, 1.165) is 24.2 Å². The van der Waals surface area contributed by atoms with Crippen LogP contribution in [0.15, 0.2) is 53.4 Å². The van der Waals surface area contributed by atoms with Crippen molar-refractivity contribution < 1.29 is 17.9 Å².